The molecule has 0 bridgehead atoms. The van der Waals surface area contributed by atoms with Crippen LogP contribution < -0.4 is 5.32 Å². The van der Waals surface area contributed by atoms with E-state index in [0.717, 1.165) is 10.5 Å². The molecule has 1 fully saturated rings. The Bertz CT molecular complexity index is 251. The topological polar surface area (TPSA) is 12.0 Å². The molecule has 1 N–H and O–H groups in total. The van der Waals surface area contributed by atoms with Crippen molar-refractivity contribution in [3.63, 3.8) is 0 Å². The lowest BCUT2D eigenvalue weighted by molar-refractivity contribution is 0.445. The predicted molar refractivity (Wildman–Crippen MR) is 55.4 cm³/mol. The summed E-state index contributed by atoms with van der Waals surface area (Å²) in [5.74, 6) is 0. The first kappa shape index (κ1) is 8.11. The lowest BCUT2D eigenvalue weighted by atomic mass is 9.93. The van der Waals surface area contributed by atoms with E-state index < -0.39 is 0 Å². The lowest BCUT2D eigenvalue weighted by Gasteiger charge is -2.27. The van der Waals surface area contributed by atoms with Crippen LogP contribution in [0.15, 0.2) is 28.7 Å². The standard InChI is InChI=1S/C10H12BrN/c11-8-4-6-10(7-5-8)12-9-2-1-3-9/h4-7,9,12H,1-3H2. The molecule has 0 heterocycles. The molecule has 0 saturated heterocycles. The summed E-state index contributed by atoms with van der Waals surface area (Å²) in [6.07, 6.45) is 4.04. The molecule has 0 atom stereocenters. The van der Waals surface area contributed by atoms with Crippen molar-refractivity contribution in [3.8, 4) is 0 Å². The summed E-state index contributed by atoms with van der Waals surface area (Å²) in [4.78, 5) is 0. The Kier molecular flexibility index (Phi) is 2.35. The first-order valence-electron chi connectivity index (χ1n) is 4.37. The number of nitrogens with one attached hydrogen (secondary N) is 1. The van der Waals surface area contributed by atoms with Crippen LogP contribution in [0.4, 0.5) is 5.69 Å². The zero-order valence-electron chi connectivity index (χ0n) is 6.89. The molecule has 0 aromatic heterocycles. The van der Waals surface area contributed by atoms with Gasteiger partial charge in [-0.05, 0) is 43.5 Å². The van der Waals surface area contributed by atoms with Gasteiger partial charge >= 0.3 is 0 Å². The maximum atomic E-state index is 3.48. The molecule has 1 aromatic carbocycles. The molecule has 1 aliphatic rings. The second-order valence-corrected chi connectivity index (χ2v) is 4.19. The maximum absolute atomic E-state index is 3.48. The van der Waals surface area contributed by atoms with Crippen LogP contribution in [0.1, 0.15) is 19.3 Å². The second-order valence-electron chi connectivity index (χ2n) is 3.28. The van der Waals surface area contributed by atoms with Crippen LogP contribution in [-0.2, 0) is 0 Å². The minimum absolute atomic E-state index is 0.728. The third-order valence-electron chi connectivity index (χ3n) is 2.32. The molecule has 12 heavy (non-hydrogen) atoms. The molecule has 0 unspecified atom stereocenters. The van der Waals surface area contributed by atoms with Crippen LogP contribution in [0.2, 0.25) is 0 Å². The molecule has 2 heteroatoms. The van der Waals surface area contributed by atoms with Gasteiger partial charge in [0.2, 0.25) is 0 Å². The smallest absolute Gasteiger partial charge is 0.0343 e. The van der Waals surface area contributed by atoms with E-state index in [-0.39, 0.29) is 0 Å². The Labute approximate surface area is 81.3 Å². The molecular weight excluding hydrogens is 214 g/mol. The molecule has 64 valence electrons. The summed E-state index contributed by atoms with van der Waals surface area (Å²) in [6, 6.07) is 9.10. The van der Waals surface area contributed by atoms with E-state index in [1.807, 2.05) is 0 Å². The number of halogens is 1. The van der Waals surface area contributed by atoms with Gasteiger partial charge in [0.25, 0.3) is 0 Å². The van der Waals surface area contributed by atoms with E-state index in [0.29, 0.717) is 0 Å². The van der Waals surface area contributed by atoms with Crippen molar-refractivity contribution in [1.29, 1.82) is 0 Å². The third kappa shape index (κ3) is 1.81. The Hall–Kier alpha value is -0.500. The van der Waals surface area contributed by atoms with Crippen molar-refractivity contribution < 1.29 is 0 Å². The van der Waals surface area contributed by atoms with E-state index in [1.54, 1.807) is 0 Å². The van der Waals surface area contributed by atoms with Gasteiger partial charge in [-0.1, -0.05) is 15.9 Å². The maximum Gasteiger partial charge on any atom is 0.0343 e. The zero-order valence-corrected chi connectivity index (χ0v) is 8.47. The van der Waals surface area contributed by atoms with Crippen LogP contribution in [0.3, 0.4) is 0 Å². The monoisotopic (exact) mass is 225 g/mol. The minimum Gasteiger partial charge on any atom is -0.382 e. The summed E-state index contributed by atoms with van der Waals surface area (Å²) in [7, 11) is 0. The summed E-state index contributed by atoms with van der Waals surface area (Å²) < 4.78 is 1.14. The summed E-state index contributed by atoms with van der Waals surface area (Å²) >= 11 is 3.41. The van der Waals surface area contributed by atoms with Crippen LogP contribution in [0.25, 0.3) is 0 Å². The predicted octanol–water partition coefficient (Wildman–Crippen LogP) is 3.41. The van der Waals surface area contributed by atoms with Gasteiger partial charge in [-0.3, -0.25) is 0 Å². The number of anilines is 1. The van der Waals surface area contributed by atoms with Gasteiger partial charge in [0.05, 0.1) is 0 Å². The average Bonchev–Trinajstić information content (AvgIpc) is 2.00. The Morgan fingerprint density at radius 3 is 2.33 bits per heavy atom. The van der Waals surface area contributed by atoms with E-state index in [4.69, 9.17) is 0 Å². The highest BCUT2D eigenvalue weighted by atomic mass is 79.9. The fourth-order valence-electron chi connectivity index (χ4n) is 1.33. The largest absolute Gasteiger partial charge is 0.382 e. The van der Waals surface area contributed by atoms with Crippen molar-refractivity contribution in [2.45, 2.75) is 25.3 Å². The summed E-state index contributed by atoms with van der Waals surface area (Å²) in [6.45, 7) is 0. The lowest BCUT2D eigenvalue weighted by Crippen LogP contribution is -2.26. The van der Waals surface area contributed by atoms with E-state index >= 15 is 0 Å². The van der Waals surface area contributed by atoms with Crippen LogP contribution in [0.5, 0.6) is 0 Å². The molecule has 1 aromatic rings. The van der Waals surface area contributed by atoms with Crippen molar-refractivity contribution in [1.82, 2.24) is 0 Å². The second kappa shape index (κ2) is 3.48. The molecule has 0 amide bonds. The number of rotatable bonds is 2. The molecule has 1 nitrogen and oxygen atoms in total. The first-order chi connectivity index (χ1) is 5.84. The molecule has 0 spiro atoms. The Morgan fingerprint density at radius 2 is 1.83 bits per heavy atom. The molecule has 2 rings (SSSR count). The van der Waals surface area contributed by atoms with E-state index in [2.05, 4.69) is 45.5 Å². The van der Waals surface area contributed by atoms with Gasteiger partial charge in [0.1, 0.15) is 0 Å². The highest BCUT2D eigenvalue weighted by Gasteiger charge is 2.16. The highest BCUT2D eigenvalue weighted by Crippen LogP contribution is 2.23. The van der Waals surface area contributed by atoms with Gasteiger partial charge in [-0.15, -0.1) is 0 Å². The average molecular weight is 226 g/mol. The molecular formula is C10H12BrN. The van der Waals surface area contributed by atoms with E-state index in [1.165, 1.54) is 24.9 Å². The van der Waals surface area contributed by atoms with Crippen LogP contribution >= 0.6 is 15.9 Å². The molecule has 0 aliphatic heterocycles. The Morgan fingerprint density at radius 1 is 1.17 bits per heavy atom. The van der Waals surface area contributed by atoms with Gasteiger partial charge in [-0.25, -0.2) is 0 Å². The summed E-state index contributed by atoms with van der Waals surface area (Å²) in [5.41, 5.74) is 1.24. The quantitative estimate of drug-likeness (QED) is 0.814. The van der Waals surface area contributed by atoms with Gasteiger partial charge in [0.15, 0.2) is 0 Å². The molecule has 1 saturated carbocycles. The number of benzene rings is 1. The number of hydrogen-bond acceptors (Lipinski definition) is 1. The fourth-order valence-corrected chi connectivity index (χ4v) is 1.60. The van der Waals surface area contributed by atoms with Gasteiger partial charge in [0, 0.05) is 16.2 Å². The van der Waals surface area contributed by atoms with Gasteiger partial charge < -0.3 is 5.32 Å². The SMILES string of the molecule is Brc1ccc(NC2CCC2)cc1. The van der Waals surface area contributed by atoms with Crippen molar-refractivity contribution in [3.05, 3.63) is 28.7 Å². The molecule has 0 radical (unpaired) electrons. The molecule has 1 aliphatic carbocycles. The van der Waals surface area contributed by atoms with E-state index in [9.17, 15) is 0 Å². The zero-order chi connectivity index (χ0) is 8.39. The van der Waals surface area contributed by atoms with Crippen molar-refractivity contribution in [2.24, 2.45) is 0 Å². The van der Waals surface area contributed by atoms with Gasteiger partial charge in [-0.2, -0.15) is 0 Å². The highest BCUT2D eigenvalue weighted by molar-refractivity contribution is 9.10. The summed E-state index contributed by atoms with van der Waals surface area (Å²) in [5, 5.41) is 3.48. The van der Waals surface area contributed by atoms with Crippen LogP contribution in [0, 0.1) is 0 Å². The van der Waals surface area contributed by atoms with Crippen molar-refractivity contribution in [2.75, 3.05) is 5.32 Å². The minimum atomic E-state index is 0.728. The third-order valence-corrected chi connectivity index (χ3v) is 2.85. The van der Waals surface area contributed by atoms with Crippen molar-refractivity contribution >= 4 is 21.6 Å². The Balaban J connectivity index is 1.98. The first-order valence-corrected chi connectivity index (χ1v) is 5.16. The fraction of sp³-hybridized carbons (Fsp3) is 0.400. The number of hydrogen-bond donors (Lipinski definition) is 1. The van der Waals surface area contributed by atoms with Crippen LogP contribution in [-0.4, -0.2) is 6.04 Å². The normalized spacial score (nSPS) is 17.1.